The van der Waals surface area contributed by atoms with Crippen molar-refractivity contribution in [3.63, 3.8) is 0 Å². The van der Waals surface area contributed by atoms with Crippen molar-refractivity contribution in [3.05, 3.63) is 64.7 Å². The van der Waals surface area contributed by atoms with Crippen LogP contribution < -0.4 is 4.90 Å². The molecule has 0 aromatic heterocycles. The average Bonchev–Trinajstić information content (AvgIpc) is 3.05. The highest BCUT2D eigenvalue weighted by atomic mass is 35.5. The normalized spacial score (nSPS) is 24.5. The van der Waals surface area contributed by atoms with E-state index >= 15 is 0 Å². The molecule has 0 N–H and O–H groups in total. The van der Waals surface area contributed by atoms with Crippen LogP contribution in [0.15, 0.2) is 53.5 Å². The summed E-state index contributed by atoms with van der Waals surface area (Å²) in [4.78, 5) is 18.8. The third kappa shape index (κ3) is 4.11. The number of hydrogen-bond acceptors (Lipinski definition) is 4. The summed E-state index contributed by atoms with van der Waals surface area (Å²) in [6, 6.07) is 14.7. The Hall–Kier alpha value is -1.83. The van der Waals surface area contributed by atoms with Gasteiger partial charge in [-0.2, -0.15) is 4.99 Å². The van der Waals surface area contributed by atoms with E-state index in [0.717, 1.165) is 16.8 Å². The van der Waals surface area contributed by atoms with Crippen molar-refractivity contribution < 1.29 is 13.2 Å². The summed E-state index contributed by atoms with van der Waals surface area (Å²) >= 11 is 7.51. The fraction of sp³-hybridized carbons (Fsp3) is 0.300. The summed E-state index contributed by atoms with van der Waals surface area (Å²) in [5.41, 5.74) is 2.76. The van der Waals surface area contributed by atoms with Crippen molar-refractivity contribution in [2.75, 3.05) is 16.4 Å². The lowest BCUT2D eigenvalue weighted by Gasteiger charge is -2.24. The lowest BCUT2D eigenvalue weighted by Crippen LogP contribution is -2.37. The number of nitrogens with zero attached hydrogens (tertiary/aromatic N) is 2. The second-order valence-corrected chi connectivity index (χ2v) is 10.9. The molecule has 2 fully saturated rings. The zero-order chi connectivity index (χ0) is 19.9. The Morgan fingerprint density at radius 2 is 2.00 bits per heavy atom. The Morgan fingerprint density at radius 3 is 2.75 bits per heavy atom. The van der Waals surface area contributed by atoms with Crippen molar-refractivity contribution in [3.8, 4) is 0 Å². The first-order valence-electron chi connectivity index (χ1n) is 8.90. The first kappa shape index (κ1) is 19.5. The highest BCUT2D eigenvalue weighted by molar-refractivity contribution is 8.16. The zero-order valence-electron chi connectivity index (χ0n) is 15.2. The van der Waals surface area contributed by atoms with Gasteiger partial charge in [0.05, 0.1) is 24.0 Å². The number of aryl methyl sites for hydroxylation is 1. The van der Waals surface area contributed by atoms with E-state index in [9.17, 15) is 13.2 Å². The van der Waals surface area contributed by atoms with Crippen LogP contribution >= 0.6 is 23.4 Å². The number of benzene rings is 2. The predicted molar refractivity (Wildman–Crippen MR) is 115 cm³/mol. The van der Waals surface area contributed by atoms with E-state index in [0.29, 0.717) is 10.2 Å². The molecule has 2 aliphatic rings. The van der Waals surface area contributed by atoms with Gasteiger partial charge in [-0.05, 0) is 30.7 Å². The Bertz CT molecular complexity index is 1070. The first-order valence-corrected chi connectivity index (χ1v) is 12.0. The molecule has 2 atom stereocenters. The lowest BCUT2D eigenvalue weighted by molar-refractivity contribution is -0.117. The van der Waals surface area contributed by atoms with E-state index < -0.39 is 9.84 Å². The molecule has 2 saturated heterocycles. The van der Waals surface area contributed by atoms with Crippen LogP contribution in [0.25, 0.3) is 0 Å². The first-order chi connectivity index (χ1) is 13.3. The van der Waals surface area contributed by atoms with E-state index in [1.165, 1.54) is 11.8 Å². The number of anilines is 1. The Balaban J connectivity index is 1.65. The molecule has 0 aliphatic carbocycles. The van der Waals surface area contributed by atoms with Crippen LogP contribution in [0.2, 0.25) is 5.02 Å². The van der Waals surface area contributed by atoms with Crippen LogP contribution in [-0.2, 0) is 21.1 Å². The number of hydrogen-bond donors (Lipinski definition) is 0. The molecule has 2 aromatic carbocycles. The highest BCUT2D eigenvalue weighted by Crippen LogP contribution is 2.41. The van der Waals surface area contributed by atoms with Crippen LogP contribution in [0.3, 0.4) is 0 Å². The SMILES string of the molecule is Cc1cccc(CC(=O)N=C2S[C@H]3CS(=O)(=O)C[C@@H]3N2c2cccc(Cl)c2)c1. The second-order valence-electron chi connectivity index (χ2n) is 7.10. The van der Waals surface area contributed by atoms with Crippen LogP contribution in [0, 0.1) is 6.92 Å². The molecule has 0 radical (unpaired) electrons. The molecule has 0 bridgehead atoms. The minimum Gasteiger partial charge on any atom is -0.316 e. The standard InChI is InChI=1S/C20H19ClN2O3S2/c1-13-4-2-5-14(8-13)9-19(24)22-20-23(16-7-3-6-15(21)10-16)17-11-28(25,26)12-18(17)27-20/h2-8,10,17-18H,9,11-12H2,1H3/t17-,18-/m0/s1. The monoisotopic (exact) mass is 434 g/mol. The van der Waals surface area contributed by atoms with E-state index in [2.05, 4.69) is 4.99 Å². The van der Waals surface area contributed by atoms with Crippen molar-refractivity contribution in [1.29, 1.82) is 0 Å². The predicted octanol–water partition coefficient (Wildman–Crippen LogP) is 3.49. The number of carbonyl (C=O) groups excluding carboxylic acids is 1. The van der Waals surface area contributed by atoms with Crippen LogP contribution in [0.4, 0.5) is 5.69 Å². The number of fused-ring (bicyclic) bond motifs is 1. The van der Waals surface area contributed by atoms with Crippen molar-refractivity contribution >= 4 is 50.0 Å². The largest absolute Gasteiger partial charge is 0.316 e. The maximum atomic E-state index is 12.6. The molecule has 0 saturated carbocycles. The van der Waals surface area contributed by atoms with Crippen LogP contribution in [-0.4, -0.2) is 42.3 Å². The number of amides is 1. The highest BCUT2D eigenvalue weighted by Gasteiger charge is 2.49. The fourth-order valence-electron chi connectivity index (χ4n) is 3.64. The van der Waals surface area contributed by atoms with E-state index in [-0.39, 0.29) is 35.1 Å². The molecule has 0 spiro atoms. The molecule has 2 heterocycles. The number of halogens is 1. The van der Waals surface area contributed by atoms with Gasteiger partial charge in [0, 0.05) is 16.0 Å². The fourth-order valence-corrected chi connectivity index (χ4v) is 7.75. The molecule has 4 rings (SSSR count). The van der Waals surface area contributed by atoms with Gasteiger partial charge in [0.2, 0.25) is 0 Å². The molecular formula is C20H19ClN2O3S2. The third-order valence-electron chi connectivity index (χ3n) is 4.81. The molecule has 8 heteroatoms. The van der Waals surface area contributed by atoms with Gasteiger partial charge in [-0.15, -0.1) is 0 Å². The molecular weight excluding hydrogens is 416 g/mol. The Labute approximate surface area is 173 Å². The summed E-state index contributed by atoms with van der Waals surface area (Å²) < 4.78 is 24.2. The molecule has 146 valence electrons. The second kappa shape index (κ2) is 7.54. The maximum absolute atomic E-state index is 12.6. The average molecular weight is 435 g/mol. The maximum Gasteiger partial charge on any atom is 0.252 e. The van der Waals surface area contributed by atoms with Gasteiger partial charge in [0.15, 0.2) is 15.0 Å². The van der Waals surface area contributed by atoms with Gasteiger partial charge >= 0.3 is 0 Å². The summed E-state index contributed by atoms with van der Waals surface area (Å²) in [6.07, 6.45) is 0.211. The number of amidine groups is 1. The minimum absolute atomic E-state index is 0.0578. The minimum atomic E-state index is -3.10. The smallest absolute Gasteiger partial charge is 0.252 e. The van der Waals surface area contributed by atoms with Gasteiger partial charge in [-0.3, -0.25) is 4.79 Å². The van der Waals surface area contributed by atoms with E-state index in [1.54, 1.807) is 12.1 Å². The number of thioether (sulfide) groups is 1. The van der Waals surface area contributed by atoms with Gasteiger partial charge in [0.1, 0.15) is 0 Å². The van der Waals surface area contributed by atoms with Gasteiger partial charge in [0.25, 0.3) is 5.91 Å². The van der Waals surface area contributed by atoms with Crippen molar-refractivity contribution in [1.82, 2.24) is 0 Å². The van der Waals surface area contributed by atoms with Crippen molar-refractivity contribution in [2.24, 2.45) is 4.99 Å². The van der Waals surface area contributed by atoms with E-state index in [4.69, 9.17) is 11.6 Å². The number of rotatable bonds is 3. The number of aliphatic imine (C=N–C) groups is 1. The molecule has 2 aliphatic heterocycles. The molecule has 5 nitrogen and oxygen atoms in total. The molecule has 0 unspecified atom stereocenters. The zero-order valence-corrected chi connectivity index (χ0v) is 17.6. The topological polar surface area (TPSA) is 66.8 Å². The summed E-state index contributed by atoms with van der Waals surface area (Å²) in [7, 11) is -3.10. The van der Waals surface area contributed by atoms with Gasteiger partial charge < -0.3 is 4.90 Å². The van der Waals surface area contributed by atoms with Crippen LogP contribution in [0.1, 0.15) is 11.1 Å². The Morgan fingerprint density at radius 1 is 1.21 bits per heavy atom. The molecule has 1 amide bonds. The number of sulfone groups is 1. The Kier molecular flexibility index (Phi) is 5.24. The van der Waals surface area contributed by atoms with Gasteiger partial charge in [-0.25, -0.2) is 8.42 Å². The molecule has 28 heavy (non-hydrogen) atoms. The van der Waals surface area contributed by atoms with Crippen molar-refractivity contribution in [2.45, 2.75) is 24.6 Å². The summed E-state index contributed by atoms with van der Waals surface area (Å²) in [5.74, 6) is -0.0878. The summed E-state index contributed by atoms with van der Waals surface area (Å²) in [5, 5.41) is 0.969. The molecule has 2 aromatic rings. The third-order valence-corrected chi connectivity index (χ3v) is 8.26. The quantitative estimate of drug-likeness (QED) is 0.739. The number of carbonyl (C=O) groups is 1. The lowest BCUT2D eigenvalue weighted by atomic mass is 10.1. The van der Waals surface area contributed by atoms with E-state index in [1.807, 2.05) is 48.2 Å². The van der Waals surface area contributed by atoms with Gasteiger partial charge in [-0.1, -0.05) is 59.3 Å². The summed E-state index contributed by atoms with van der Waals surface area (Å²) in [6.45, 7) is 1.98. The van der Waals surface area contributed by atoms with Crippen LogP contribution in [0.5, 0.6) is 0 Å².